The van der Waals surface area contributed by atoms with Crippen LogP contribution in [0.2, 0.25) is 0 Å². The van der Waals surface area contributed by atoms with E-state index in [-0.39, 0.29) is 5.56 Å². The summed E-state index contributed by atoms with van der Waals surface area (Å²) in [5, 5.41) is 3.08. The Bertz CT molecular complexity index is 600. The molecule has 0 aliphatic heterocycles. The molecule has 1 unspecified atom stereocenters. The summed E-state index contributed by atoms with van der Waals surface area (Å²) in [5.41, 5.74) is 5.29. The summed E-state index contributed by atoms with van der Waals surface area (Å²) in [5.74, 6) is -1.05. The summed E-state index contributed by atoms with van der Waals surface area (Å²) in [6.07, 6.45) is 0.345. The van der Waals surface area contributed by atoms with Crippen molar-refractivity contribution in [3.05, 3.63) is 66.0 Å². The second-order valence-corrected chi connectivity index (χ2v) is 4.59. The van der Waals surface area contributed by atoms with Crippen LogP contribution >= 0.6 is 0 Å². The van der Waals surface area contributed by atoms with Gasteiger partial charge in [0.15, 0.2) is 0 Å². The first-order chi connectivity index (χ1) is 9.60. The Labute approximate surface area is 117 Å². The lowest BCUT2D eigenvalue weighted by atomic mass is 9.85. The number of anilines is 1. The lowest BCUT2D eigenvalue weighted by Gasteiger charge is -2.32. The van der Waals surface area contributed by atoms with Crippen molar-refractivity contribution in [1.82, 2.24) is 0 Å². The van der Waals surface area contributed by atoms with E-state index in [0.29, 0.717) is 6.42 Å². The molecule has 2 aromatic rings. The number of nitrogens with one attached hydrogen (secondary N) is 1. The standard InChI is InChI=1S/C16H17FN2O/c1-2-16(15(18)20,13-10-6-7-11-14(13)17)19-12-8-4-3-5-9-12/h3-11,19H,2H2,1H3,(H2,18,20). The maximum Gasteiger partial charge on any atom is 0.247 e. The molecule has 0 fully saturated rings. The lowest BCUT2D eigenvalue weighted by Crippen LogP contribution is -2.48. The van der Waals surface area contributed by atoms with E-state index in [9.17, 15) is 9.18 Å². The third-order valence-electron chi connectivity index (χ3n) is 3.42. The van der Waals surface area contributed by atoms with Crippen LogP contribution in [0.3, 0.4) is 0 Å². The molecule has 1 atom stereocenters. The average molecular weight is 272 g/mol. The lowest BCUT2D eigenvalue weighted by molar-refractivity contribution is -0.122. The predicted octanol–water partition coefficient (Wildman–Crippen LogP) is 3.03. The number of carbonyl (C=O) groups is 1. The molecule has 0 radical (unpaired) electrons. The number of primary amides is 1. The number of para-hydroxylation sites is 1. The monoisotopic (exact) mass is 272 g/mol. The molecule has 0 aliphatic rings. The highest BCUT2D eigenvalue weighted by Gasteiger charge is 2.38. The van der Waals surface area contributed by atoms with E-state index in [1.807, 2.05) is 30.3 Å². The molecule has 0 heterocycles. The van der Waals surface area contributed by atoms with Crippen molar-refractivity contribution in [1.29, 1.82) is 0 Å². The van der Waals surface area contributed by atoms with Crippen molar-refractivity contribution in [2.75, 3.05) is 5.32 Å². The molecule has 104 valence electrons. The molecule has 0 saturated carbocycles. The van der Waals surface area contributed by atoms with E-state index in [1.165, 1.54) is 6.07 Å². The zero-order chi connectivity index (χ0) is 14.6. The summed E-state index contributed by atoms with van der Waals surface area (Å²) < 4.78 is 14.1. The fraction of sp³-hybridized carbons (Fsp3) is 0.188. The maximum absolute atomic E-state index is 14.1. The smallest absolute Gasteiger partial charge is 0.247 e. The van der Waals surface area contributed by atoms with Gasteiger partial charge in [-0.25, -0.2) is 4.39 Å². The Hall–Kier alpha value is -2.36. The summed E-state index contributed by atoms with van der Waals surface area (Å²) in [6, 6.07) is 15.4. The minimum atomic E-state index is -1.26. The highest BCUT2D eigenvalue weighted by Crippen LogP contribution is 2.31. The number of benzene rings is 2. The SMILES string of the molecule is CCC(Nc1ccccc1)(C(N)=O)c1ccccc1F. The second kappa shape index (κ2) is 5.74. The van der Waals surface area contributed by atoms with Gasteiger partial charge in [-0.05, 0) is 24.6 Å². The molecule has 1 amide bonds. The topological polar surface area (TPSA) is 55.1 Å². The molecule has 20 heavy (non-hydrogen) atoms. The Kier molecular flexibility index (Phi) is 4.03. The minimum absolute atomic E-state index is 0.263. The van der Waals surface area contributed by atoms with Gasteiger partial charge in [-0.3, -0.25) is 4.79 Å². The molecule has 4 heteroatoms. The van der Waals surface area contributed by atoms with Gasteiger partial charge in [-0.2, -0.15) is 0 Å². The van der Waals surface area contributed by atoms with Crippen molar-refractivity contribution in [2.45, 2.75) is 18.9 Å². The molecule has 3 N–H and O–H groups in total. The van der Waals surface area contributed by atoms with E-state index in [1.54, 1.807) is 25.1 Å². The third kappa shape index (κ3) is 2.50. The van der Waals surface area contributed by atoms with Crippen molar-refractivity contribution < 1.29 is 9.18 Å². The van der Waals surface area contributed by atoms with Crippen LogP contribution in [0.1, 0.15) is 18.9 Å². The molecule has 0 spiro atoms. The molecule has 2 rings (SSSR count). The normalized spacial score (nSPS) is 13.5. The van der Waals surface area contributed by atoms with Crippen LogP contribution < -0.4 is 11.1 Å². The molecule has 2 aromatic carbocycles. The first-order valence-electron chi connectivity index (χ1n) is 6.48. The van der Waals surface area contributed by atoms with Crippen LogP contribution in [0.15, 0.2) is 54.6 Å². The number of halogens is 1. The van der Waals surface area contributed by atoms with Crippen molar-refractivity contribution in [2.24, 2.45) is 5.73 Å². The van der Waals surface area contributed by atoms with Gasteiger partial charge in [0.25, 0.3) is 0 Å². The molecular formula is C16H17FN2O. The largest absolute Gasteiger partial charge is 0.368 e. The summed E-state index contributed by atoms with van der Waals surface area (Å²) in [7, 11) is 0. The van der Waals surface area contributed by atoms with E-state index in [2.05, 4.69) is 5.32 Å². The molecule has 0 aliphatic carbocycles. The Morgan fingerprint density at radius 3 is 2.30 bits per heavy atom. The van der Waals surface area contributed by atoms with Crippen LogP contribution in [0.25, 0.3) is 0 Å². The van der Waals surface area contributed by atoms with Gasteiger partial charge < -0.3 is 11.1 Å². The summed E-state index contributed by atoms with van der Waals surface area (Å²) in [4.78, 5) is 12.0. The third-order valence-corrected chi connectivity index (χ3v) is 3.42. The second-order valence-electron chi connectivity index (χ2n) is 4.59. The molecule has 0 saturated heterocycles. The molecular weight excluding hydrogens is 255 g/mol. The van der Waals surface area contributed by atoms with Crippen LogP contribution in [0.5, 0.6) is 0 Å². The van der Waals surface area contributed by atoms with E-state index in [4.69, 9.17) is 5.73 Å². The number of nitrogens with two attached hydrogens (primary N) is 1. The van der Waals surface area contributed by atoms with E-state index in [0.717, 1.165) is 5.69 Å². The number of rotatable bonds is 5. The fourth-order valence-electron chi connectivity index (χ4n) is 2.29. The van der Waals surface area contributed by atoms with Crippen molar-refractivity contribution in [3.63, 3.8) is 0 Å². The van der Waals surface area contributed by atoms with Crippen molar-refractivity contribution in [3.8, 4) is 0 Å². The Morgan fingerprint density at radius 1 is 1.15 bits per heavy atom. The average Bonchev–Trinajstić information content (AvgIpc) is 2.46. The quantitative estimate of drug-likeness (QED) is 0.879. The maximum atomic E-state index is 14.1. The van der Waals surface area contributed by atoms with Crippen LogP contribution in [-0.2, 0) is 10.3 Å². The Balaban J connectivity index is 2.51. The van der Waals surface area contributed by atoms with Gasteiger partial charge in [0.2, 0.25) is 5.91 Å². The number of amides is 1. The number of carbonyl (C=O) groups excluding carboxylic acids is 1. The molecule has 3 nitrogen and oxygen atoms in total. The van der Waals surface area contributed by atoms with Gasteiger partial charge in [-0.1, -0.05) is 43.3 Å². The van der Waals surface area contributed by atoms with Gasteiger partial charge >= 0.3 is 0 Å². The number of hydrogen-bond donors (Lipinski definition) is 2. The van der Waals surface area contributed by atoms with Gasteiger partial charge in [0.05, 0.1) is 0 Å². The number of hydrogen-bond acceptors (Lipinski definition) is 2. The zero-order valence-corrected chi connectivity index (χ0v) is 11.3. The van der Waals surface area contributed by atoms with Crippen LogP contribution in [0, 0.1) is 5.82 Å². The predicted molar refractivity (Wildman–Crippen MR) is 77.6 cm³/mol. The fourth-order valence-corrected chi connectivity index (χ4v) is 2.29. The summed E-state index contributed by atoms with van der Waals surface area (Å²) in [6.45, 7) is 1.80. The first kappa shape index (κ1) is 14.1. The van der Waals surface area contributed by atoms with Gasteiger partial charge in [-0.15, -0.1) is 0 Å². The van der Waals surface area contributed by atoms with E-state index < -0.39 is 17.3 Å². The van der Waals surface area contributed by atoms with E-state index >= 15 is 0 Å². The van der Waals surface area contributed by atoms with Gasteiger partial charge in [0.1, 0.15) is 11.4 Å². The first-order valence-corrected chi connectivity index (χ1v) is 6.48. The molecule has 0 bridgehead atoms. The molecule has 0 aromatic heterocycles. The Morgan fingerprint density at radius 2 is 1.75 bits per heavy atom. The zero-order valence-electron chi connectivity index (χ0n) is 11.3. The minimum Gasteiger partial charge on any atom is -0.368 e. The van der Waals surface area contributed by atoms with Crippen LogP contribution in [-0.4, -0.2) is 5.91 Å². The van der Waals surface area contributed by atoms with Gasteiger partial charge in [0, 0.05) is 11.3 Å². The van der Waals surface area contributed by atoms with Crippen molar-refractivity contribution >= 4 is 11.6 Å². The summed E-state index contributed by atoms with van der Waals surface area (Å²) >= 11 is 0. The highest BCUT2D eigenvalue weighted by molar-refractivity contribution is 5.89. The van der Waals surface area contributed by atoms with Crippen LogP contribution in [0.4, 0.5) is 10.1 Å². The highest BCUT2D eigenvalue weighted by atomic mass is 19.1.